The van der Waals surface area contributed by atoms with Crippen molar-refractivity contribution in [3.63, 3.8) is 0 Å². The lowest BCUT2D eigenvalue weighted by molar-refractivity contribution is 0.794. The number of nitrogen functional groups attached to an aromatic ring is 1. The van der Waals surface area contributed by atoms with Crippen molar-refractivity contribution in [2.75, 3.05) is 5.73 Å². The topological polar surface area (TPSA) is 26.0 Å². The molecular weight excluding hydrogens is 350 g/mol. The molecule has 2 heteroatoms. The first-order valence-corrected chi connectivity index (χ1v) is 9.49. The van der Waals surface area contributed by atoms with Crippen LogP contribution >= 0.6 is 11.6 Å². The molecule has 0 aliphatic heterocycles. The first-order chi connectivity index (χ1) is 13.2. The third-order valence-electron chi connectivity index (χ3n) is 6.11. The predicted molar refractivity (Wildman–Crippen MR) is 112 cm³/mol. The van der Waals surface area contributed by atoms with Crippen LogP contribution in [0.15, 0.2) is 84.9 Å². The van der Waals surface area contributed by atoms with E-state index in [0.717, 1.165) is 0 Å². The average molecular weight is 366 g/mol. The predicted octanol–water partition coefficient (Wildman–Crippen LogP) is 6.27. The number of halogens is 1. The summed E-state index contributed by atoms with van der Waals surface area (Å²) in [6, 6.07) is 30.2. The van der Waals surface area contributed by atoms with Crippen molar-refractivity contribution in [2.24, 2.45) is 0 Å². The largest absolute Gasteiger partial charge is 0.398 e. The van der Waals surface area contributed by atoms with E-state index in [1.165, 1.54) is 44.5 Å². The summed E-state index contributed by atoms with van der Waals surface area (Å²) < 4.78 is 0. The SMILES string of the molecule is Nc1cc2c(cc1Cl)-c1ccccc1C21c2ccccc2-c2ccccc21. The molecule has 2 N–H and O–H groups in total. The molecule has 1 spiro atoms. The van der Waals surface area contributed by atoms with E-state index in [0.29, 0.717) is 10.7 Å². The van der Waals surface area contributed by atoms with Crippen LogP contribution in [-0.2, 0) is 5.41 Å². The van der Waals surface area contributed by atoms with E-state index < -0.39 is 0 Å². The van der Waals surface area contributed by atoms with Gasteiger partial charge in [-0.3, -0.25) is 0 Å². The fourth-order valence-electron chi connectivity index (χ4n) is 5.13. The molecule has 1 nitrogen and oxygen atoms in total. The lowest BCUT2D eigenvalue weighted by Gasteiger charge is -2.30. The summed E-state index contributed by atoms with van der Waals surface area (Å²) >= 11 is 6.43. The Labute approximate surface area is 163 Å². The fraction of sp³-hybridized carbons (Fsp3) is 0.0400. The van der Waals surface area contributed by atoms with E-state index in [4.69, 9.17) is 17.3 Å². The van der Waals surface area contributed by atoms with Gasteiger partial charge >= 0.3 is 0 Å². The van der Waals surface area contributed by atoms with Crippen molar-refractivity contribution in [1.29, 1.82) is 0 Å². The Morgan fingerprint density at radius 3 is 1.52 bits per heavy atom. The first kappa shape index (κ1) is 15.1. The lowest BCUT2D eigenvalue weighted by Crippen LogP contribution is -2.25. The van der Waals surface area contributed by atoms with Crippen LogP contribution in [-0.4, -0.2) is 0 Å². The fourth-order valence-corrected chi connectivity index (χ4v) is 5.29. The Hall–Kier alpha value is -3.03. The molecule has 0 aromatic heterocycles. The Morgan fingerprint density at radius 1 is 0.556 bits per heavy atom. The van der Waals surface area contributed by atoms with Gasteiger partial charge in [0.1, 0.15) is 0 Å². The van der Waals surface area contributed by atoms with E-state index in [1.807, 2.05) is 6.07 Å². The van der Waals surface area contributed by atoms with E-state index in [-0.39, 0.29) is 5.41 Å². The van der Waals surface area contributed by atoms with Crippen molar-refractivity contribution in [2.45, 2.75) is 5.41 Å². The average Bonchev–Trinajstić information content (AvgIpc) is 3.16. The Bertz CT molecular complexity index is 1210. The summed E-state index contributed by atoms with van der Waals surface area (Å²) in [5.74, 6) is 0. The number of hydrogen-bond donors (Lipinski definition) is 1. The molecule has 128 valence electrons. The van der Waals surface area contributed by atoms with Crippen molar-refractivity contribution in [3.8, 4) is 22.3 Å². The third-order valence-corrected chi connectivity index (χ3v) is 6.44. The highest BCUT2D eigenvalue weighted by molar-refractivity contribution is 6.33. The second-order valence-corrected chi connectivity index (χ2v) is 7.71. The summed E-state index contributed by atoms with van der Waals surface area (Å²) in [5.41, 5.74) is 16.8. The Kier molecular flexibility index (Phi) is 2.80. The van der Waals surface area contributed by atoms with Crippen LogP contribution in [0, 0.1) is 0 Å². The lowest BCUT2D eigenvalue weighted by atomic mass is 9.70. The molecule has 0 fully saturated rings. The molecule has 0 heterocycles. The second-order valence-electron chi connectivity index (χ2n) is 7.31. The van der Waals surface area contributed by atoms with Crippen molar-refractivity contribution >= 4 is 17.3 Å². The van der Waals surface area contributed by atoms with Gasteiger partial charge in [0.2, 0.25) is 0 Å². The van der Waals surface area contributed by atoms with Gasteiger partial charge in [-0.05, 0) is 56.6 Å². The molecule has 0 atom stereocenters. The molecule has 4 aromatic carbocycles. The Morgan fingerprint density at radius 2 is 1.00 bits per heavy atom. The minimum atomic E-state index is -0.335. The normalized spacial score (nSPS) is 14.6. The van der Waals surface area contributed by atoms with Crippen LogP contribution in [0.2, 0.25) is 5.02 Å². The number of rotatable bonds is 0. The smallest absolute Gasteiger partial charge is 0.0726 e. The molecule has 0 bridgehead atoms. The Balaban J connectivity index is 1.88. The molecule has 0 saturated carbocycles. The van der Waals surface area contributed by atoms with Gasteiger partial charge in [-0.2, -0.15) is 0 Å². The number of benzene rings is 4. The summed E-state index contributed by atoms with van der Waals surface area (Å²) in [5, 5.41) is 0.611. The van der Waals surface area contributed by atoms with Crippen LogP contribution in [0.25, 0.3) is 22.3 Å². The highest BCUT2D eigenvalue weighted by atomic mass is 35.5. The molecule has 0 amide bonds. The molecule has 0 unspecified atom stereocenters. The van der Waals surface area contributed by atoms with Crippen molar-refractivity contribution in [3.05, 3.63) is 112 Å². The summed E-state index contributed by atoms with van der Waals surface area (Å²) in [4.78, 5) is 0. The zero-order chi connectivity index (χ0) is 18.2. The van der Waals surface area contributed by atoms with Crippen LogP contribution in [0.1, 0.15) is 22.3 Å². The van der Waals surface area contributed by atoms with Gasteiger partial charge in [-0.25, -0.2) is 0 Å². The number of anilines is 1. The van der Waals surface area contributed by atoms with Crippen LogP contribution < -0.4 is 5.73 Å². The van der Waals surface area contributed by atoms with Crippen LogP contribution in [0.5, 0.6) is 0 Å². The highest BCUT2D eigenvalue weighted by Crippen LogP contribution is 2.63. The molecular formula is C25H16ClN. The molecule has 2 aliphatic rings. The summed E-state index contributed by atoms with van der Waals surface area (Å²) in [7, 11) is 0. The zero-order valence-corrected chi connectivity index (χ0v) is 15.3. The van der Waals surface area contributed by atoms with Gasteiger partial charge < -0.3 is 5.73 Å². The van der Waals surface area contributed by atoms with E-state index in [9.17, 15) is 0 Å². The molecule has 0 saturated heterocycles. The number of nitrogens with two attached hydrogens (primary N) is 1. The van der Waals surface area contributed by atoms with Crippen LogP contribution in [0.4, 0.5) is 5.69 Å². The van der Waals surface area contributed by atoms with Crippen molar-refractivity contribution in [1.82, 2.24) is 0 Å². The molecule has 2 aliphatic carbocycles. The summed E-state index contributed by atoms with van der Waals surface area (Å²) in [6.45, 7) is 0. The monoisotopic (exact) mass is 365 g/mol. The van der Waals surface area contributed by atoms with Gasteiger partial charge in [0, 0.05) is 0 Å². The van der Waals surface area contributed by atoms with Gasteiger partial charge in [0.15, 0.2) is 0 Å². The standard InChI is InChI=1S/C25H16ClN/c26-23-13-18-17-9-3-6-12-21(17)25(22(18)14-24(23)27)19-10-4-1-7-15(19)16-8-2-5-11-20(16)25/h1-14H,27H2. The van der Waals surface area contributed by atoms with E-state index >= 15 is 0 Å². The number of hydrogen-bond acceptors (Lipinski definition) is 1. The van der Waals surface area contributed by atoms with Crippen LogP contribution in [0.3, 0.4) is 0 Å². The second kappa shape index (κ2) is 5.03. The van der Waals surface area contributed by atoms with Gasteiger partial charge in [0.05, 0.1) is 16.1 Å². The maximum absolute atomic E-state index is 6.43. The van der Waals surface area contributed by atoms with Gasteiger partial charge in [-0.1, -0.05) is 84.4 Å². The van der Waals surface area contributed by atoms with Crippen molar-refractivity contribution < 1.29 is 0 Å². The van der Waals surface area contributed by atoms with E-state index in [2.05, 4.69) is 78.9 Å². The quantitative estimate of drug-likeness (QED) is 0.315. The maximum atomic E-state index is 6.43. The molecule has 6 rings (SSSR count). The maximum Gasteiger partial charge on any atom is 0.0726 e. The minimum absolute atomic E-state index is 0.335. The third kappa shape index (κ3) is 1.66. The number of fused-ring (bicyclic) bond motifs is 10. The minimum Gasteiger partial charge on any atom is -0.398 e. The molecule has 4 aromatic rings. The zero-order valence-electron chi connectivity index (χ0n) is 14.5. The van der Waals surface area contributed by atoms with Gasteiger partial charge in [0.25, 0.3) is 0 Å². The first-order valence-electron chi connectivity index (χ1n) is 9.11. The highest BCUT2D eigenvalue weighted by Gasteiger charge is 2.51. The molecule has 27 heavy (non-hydrogen) atoms. The molecule has 0 radical (unpaired) electrons. The van der Waals surface area contributed by atoms with E-state index in [1.54, 1.807) is 0 Å². The summed E-state index contributed by atoms with van der Waals surface area (Å²) in [6.07, 6.45) is 0. The van der Waals surface area contributed by atoms with Gasteiger partial charge in [-0.15, -0.1) is 0 Å².